The Bertz CT molecular complexity index is 1450. The standard InChI is InChI=1S/C27H22N2O3/c1-17-7-11-24(18(2)13-17)31-16-26(30)28-22-10-12-25-23(15-22)29-27(32-25)21-9-8-19-5-3-4-6-20(19)14-21/h3-15H,16H2,1-2H3,(H,28,30). The molecule has 1 N–H and O–H groups in total. The summed E-state index contributed by atoms with van der Waals surface area (Å²) in [7, 11) is 0. The molecule has 0 aliphatic rings. The van der Waals surface area contributed by atoms with Crippen LogP contribution in [0.5, 0.6) is 5.75 Å². The Morgan fingerprint density at radius 1 is 0.938 bits per heavy atom. The predicted molar refractivity (Wildman–Crippen MR) is 127 cm³/mol. The van der Waals surface area contributed by atoms with E-state index in [1.54, 1.807) is 12.1 Å². The summed E-state index contributed by atoms with van der Waals surface area (Å²) < 4.78 is 11.6. The molecule has 0 aliphatic carbocycles. The van der Waals surface area contributed by atoms with Crippen molar-refractivity contribution in [2.24, 2.45) is 0 Å². The van der Waals surface area contributed by atoms with Gasteiger partial charge in [-0.15, -0.1) is 0 Å². The van der Waals surface area contributed by atoms with E-state index in [1.807, 2.05) is 56.3 Å². The molecule has 0 bridgehead atoms. The van der Waals surface area contributed by atoms with Crippen molar-refractivity contribution < 1.29 is 13.9 Å². The molecule has 0 atom stereocenters. The van der Waals surface area contributed by atoms with Crippen molar-refractivity contribution in [3.05, 3.63) is 90.0 Å². The van der Waals surface area contributed by atoms with Gasteiger partial charge in [0.2, 0.25) is 5.89 Å². The van der Waals surface area contributed by atoms with Crippen LogP contribution in [-0.4, -0.2) is 17.5 Å². The number of aromatic nitrogens is 1. The lowest BCUT2D eigenvalue weighted by Crippen LogP contribution is -2.20. The number of amides is 1. The maximum atomic E-state index is 12.4. The van der Waals surface area contributed by atoms with Gasteiger partial charge in [-0.3, -0.25) is 4.79 Å². The lowest BCUT2D eigenvalue weighted by atomic mass is 10.1. The first-order valence-corrected chi connectivity index (χ1v) is 10.4. The Kier molecular flexibility index (Phi) is 5.07. The fourth-order valence-corrected chi connectivity index (χ4v) is 3.75. The van der Waals surface area contributed by atoms with Crippen molar-refractivity contribution in [2.45, 2.75) is 13.8 Å². The molecule has 0 saturated carbocycles. The summed E-state index contributed by atoms with van der Waals surface area (Å²) in [5.74, 6) is 1.02. The molecule has 5 rings (SSSR count). The van der Waals surface area contributed by atoms with E-state index in [1.165, 1.54) is 5.39 Å². The SMILES string of the molecule is Cc1ccc(OCC(=O)Nc2ccc3oc(-c4ccc5ccccc5c4)nc3c2)c(C)c1. The van der Waals surface area contributed by atoms with Crippen LogP contribution in [0.1, 0.15) is 11.1 Å². The highest BCUT2D eigenvalue weighted by Crippen LogP contribution is 2.28. The third kappa shape index (κ3) is 4.05. The Morgan fingerprint density at radius 2 is 1.78 bits per heavy atom. The number of carbonyl (C=O) groups excluding carboxylic acids is 1. The molecule has 0 fully saturated rings. The summed E-state index contributed by atoms with van der Waals surface area (Å²) >= 11 is 0. The molecular formula is C27H22N2O3. The first-order chi connectivity index (χ1) is 15.5. The lowest BCUT2D eigenvalue weighted by Gasteiger charge is -2.10. The third-order valence-electron chi connectivity index (χ3n) is 5.36. The van der Waals surface area contributed by atoms with Crippen LogP contribution >= 0.6 is 0 Å². The second-order valence-electron chi connectivity index (χ2n) is 7.87. The van der Waals surface area contributed by atoms with Crippen LogP contribution < -0.4 is 10.1 Å². The van der Waals surface area contributed by atoms with E-state index in [9.17, 15) is 4.79 Å². The van der Waals surface area contributed by atoms with Gasteiger partial charge in [-0.1, -0.05) is 48.0 Å². The molecule has 1 amide bonds. The maximum Gasteiger partial charge on any atom is 0.262 e. The first kappa shape index (κ1) is 19.8. The van der Waals surface area contributed by atoms with Gasteiger partial charge in [-0.25, -0.2) is 4.98 Å². The highest BCUT2D eigenvalue weighted by molar-refractivity contribution is 5.94. The largest absolute Gasteiger partial charge is 0.483 e. The molecule has 5 nitrogen and oxygen atoms in total. The van der Waals surface area contributed by atoms with Gasteiger partial charge in [0.15, 0.2) is 12.2 Å². The van der Waals surface area contributed by atoms with E-state index in [2.05, 4.69) is 34.6 Å². The second-order valence-corrected chi connectivity index (χ2v) is 7.87. The van der Waals surface area contributed by atoms with E-state index in [0.29, 0.717) is 28.4 Å². The third-order valence-corrected chi connectivity index (χ3v) is 5.36. The molecule has 0 saturated heterocycles. The molecule has 4 aromatic carbocycles. The highest BCUT2D eigenvalue weighted by atomic mass is 16.5. The average Bonchev–Trinajstić information content (AvgIpc) is 3.21. The predicted octanol–water partition coefficient (Wildman–Crippen LogP) is 6.28. The molecule has 1 aromatic heterocycles. The number of benzene rings is 4. The Hall–Kier alpha value is -4.12. The molecule has 5 heteroatoms. The minimum absolute atomic E-state index is 0.0664. The molecule has 158 valence electrons. The van der Waals surface area contributed by atoms with Crippen LogP contribution in [0.15, 0.2) is 83.3 Å². The van der Waals surface area contributed by atoms with E-state index in [0.717, 1.165) is 22.1 Å². The number of carbonyl (C=O) groups is 1. The molecule has 32 heavy (non-hydrogen) atoms. The topological polar surface area (TPSA) is 64.4 Å². The number of hydrogen-bond donors (Lipinski definition) is 1. The van der Waals surface area contributed by atoms with Crippen LogP contribution in [0.4, 0.5) is 5.69 Å². The van der Waals surface area contributed by atoms with Gasteiger partial charge in [0.25, 0.3) is 5.91 Å². The zero-order chi connectivity index (χ0) is 22.1. The fraction of sp³-hybridized carbons (Fsp3) is 0.111. The minimum Gasteiger partial charge on any atom is -0.483 e. The number of nitrogens with zero attached hydrogens (tertiary/aromatic N) is 1. The zero-order valence-electron chi connectivity index (χ0n) is 17.9. The minimum atomic E-state index is -0.234. The number of fused-ring (bicyclic) bond motifs is 2. The second kappa shape index (κ2) is 8.19. The van der Waals surface area contributed by atoms with Crippen LogP contribution in [-0.2, 0) is 4.79 Å². The van der Waals surface area contributed by atoms with Crippen molar-refractivity contribution in [3.63, 3.8) is 0 Å². The number of nitrogens with one attached hydrogen (secondary N) is 1. The summed E-state index contributed by atoms with van der Waals surface area (Å²) in [6.07, 6.45) is 0. The van der Waals surface area contributed by atoms with Crippen LogP contribution in [0.3, 0.4) is 0 Å². The molecule has 0 spiro atoms. The maximum absolute atomic E-state index is 12.4. The summed E-state index contributed by atoms with van der Waals surface area (Å²) in [6, 6.07) is 25.6. The number of hydrogen-bond acceptors (Lipinski definition) is 4. The van der Waals surface area contributed by atoms with E-state index < -0.39 is 0 Å². The van der Waals surface area contributed by atoms with Crippen molar-refractivity contribution in [1.29, 1.82) is 0 Å². The van der Waals surface area contributed by atoms with Crippen molar-refractivity contribution >= 4 is 33.5 Å². The fourth-order valence-electron chi connectivity index (χ4n) is 3.75. The summed E-state index contributed by atoms with van der Waals surface area (Å²) in [5.41, 5.74) is 5.06. The normalized spacial score (nSPS) is 11.1. The molecule has 0 radical (unpaired) electrons. The summed E-state index contributed by atoms with van der Waals surface area (Å²) in [4.78, 5) is 17.0. The number of oxazole rings is 1. The summed E-state index contributed by atoms with van der Waals surface area (Å²) in [6.45, 7) is 3.92. The number of rotatable bonds is 5. The van der Waals surface area contributed by atoms with Gasteiger partial charge in [0.1, 0.15) is 11.3 Å². The average molecular weight is 422 g/mol. The molecule has 1 heterocycles. The molecule has 0 unspecified atom stereocenters. The lowest BCUT2D eigenvalue weighted by molar-refractivity contribution is -0.118. The molecular weight excluding hydrogens is 400 g/mol. The first-order valence-electron chi connectivity index (χ1n) is 10.4. The quantitative estimate of drug-likeness (QED) is 0.362. The Morgan fingerprint density at radius 3 is 2.62 bits per heavy atom. The van der Waals surface area contributed by atoms with Crippen molar-refractivity contribution in [3.8, 4) is 17.2 Å². The van der Waals surface area contributed by atoms with Crippen LogP contribution in [0.2, 0.25) is 0 Å². The van der Waals surface area contributed by atoms with E-state index >= 15 is 0 Å². The number of aryl methyl sites for hydroxylation is 2. The Balaban J connectivity index is 1.31. The monoisotopic (exact) mass is 422 g/mol. The van der Waals surface area contributed by atoms with E-state index in [-0.39, 0.29) is 12.5 Å². The van der Waals surface area contributed by atoms with Gasteiger partial charge in [0, 0.05) is 11.3 Å². The van der Waals surface area contributed by atoms with Crippen LogP contribution in [0.25, 0.3) is 33.3 Å². The van der Waals surface area contributed by atoms with Gasteiger partial charge in [0.05, 0.1) is 0 Å². The highest BCUT2D eigenvalue weighted by Gasteiger charge is 2.11. The summed E-state index contributed by atoms with van der Waals surface area (Å²) in [5, 5.41) is 5.16. The molecule has 5 aromatic rings. The van der Waals surface area contributed by atoms with Crippen LogP contribution in [0, 0.1) is 13.8 Å². The smallest absolute Gasteiger partial charge is 0.262 e. The zero-order valence-corrected chi connectivity index (χ0v) is 17.9. The van der Waals surface area contributed by atoms with Crippen molar-refractivity contribution in [2.75, 3.05) is 11.9 Å². The number of anilines is 1. The van der Waals surface area contributed by atoms with Gasteiger partial charge >= 0.3 is 0 Å². The van der Waals surface area contributed by atoms with E-state index in [4.69, 9.17) is 9.15 Å². The number of ether oxygens (including phenoxy) is 1. The van der Waals surface area contributed by atoms with Gasteiger partial charge in [-0.05, 0) is 66.6 Å². The Labute approximate surface area is 185 Å². The molecule has 0 aliphatic heterocycles. The van der Waals surface area contributed by atoms with Crippen molar-refractivity contribution in [1.82, 2.24) is 4.98 Å². The van der Waals surface area contributed by atoms with Gasteiger partial charge < -0.3 is 14.5 Å². The van der Waals surface area contributed by atoms with Gasteiger partial charge in [-0.2, -0.15) is 0 Å².